The number of carbonyl (C=O) groups excluding carboxylic acids is 2. The van der Waals surface area contributed by atoms with Gasteiger partial charge in [0.1, 0.15) is 5.82 Å². The third kappa shape index (κ3) is 4.32. The van der Waals surface area contributed by atoms with Crippen LogP contribution >= 0.6 is 11.6 Å². The topological polar surface area (TPSA) is 109 Å². The fourth-order valence-corrected chi connectivity index (χ4v) is 4.85. The van der Waals surface area contributed by atoms with Gasteiger partial charge in [-0.2, -0.15) is 5.10 Å². The van der Waals surface area contributed by atoms with E-state index in [-0.39, 0.29) is 29.2 Å². The van der Waals surface area contributed by atoms with Crippen LogP contribution in [0.25, 0.3) is 11.1 Å². The zero-order valence-corrected chi connectivity index (χ0v) is 18.7. The number of hydrogen-bond donors (Lipinski definition) is 3. The molecule has 1 aliphatic heterocycles. The molecule has 31 heavy (non-hydrogen) atoms. The van der Waals surface area contributed by atoms with Gasteiger partial charge in [-0.15, -0.1) is 0 Å². The summed E-state index contributed by atoms with van der Waals surface area (Å²) in [5.74, 6) is 0.0661. The highest BCUT2D eigenvalue weighted by atomic mass is 35.5. The zero-order chi connectivity index (χ0) is 22.3. The predicted octanol–water partition coefficient (Wildman–Crippen LogP) is 3.31. The molecule has 1 saturated carbocycles. The Hall–Kier alpha value is -2.45. The van der Waals surface area contributed by atoms with Gasteiger partial charge >= 0.3 is 0 Å². The van der Waals surface area contributed by atoms with Crippen molar-refractivity contribution in [1.29, 1.82) is 0 Å². The number of rotatable bonds is 4. The first kappa shape index (κ1) is 21.8. The minimum Gasteiger partial charge on any atom is -0.371 e. The first-order valence-electron chi connectivity index (χ1n) is 10.6. The molecule has 9 heteroatoms. The van der Waals surface area contributed by atoms with E-state index >= 15 is 0 Å². The molecule has 0 spiro atoms. The first-order chi connectivity index (χ1) is 14.7. The molecule has 166 valence electrons. The van der Waals surface area contributed by atoms with Gasteiger partial charge < -0.3 is 15.7 Å². The molecule has 2 aromatic rings. The lowest BCUT2D eigenvalue weighted by molar-refractivity contribution is -0.123. The van der Waals surface area contributed by atoms with Gasteiger partial charge in [0.05, 0.1) is 16.9 Å². The number of amides is 2. The van der Waals surface area contributed by atoms with Gasteiger partial charge in [0, 0.05) is 41.6 Å². The highest BCUT2D eigenvalue weighted by Gasteiger charge is 2.40. The van der Waals surface area contributed by atoms with Crippen molar-refractivity contribution in [2.24, 2.45) is 11.3 Å². The fraction of sp³-hybridized carbons (Fsp3) is 0.545. The van der Waals surface area contributed by atoms with Crippen LogP contribution in [0.4, 0.5) is 5.82 Å². The Balaban J connectivity index is 1.53. The number of anilines is 1. The first-order valence-corrected chi connectivity index (χ1v) is 11.0. The summed E-state index contributed by atoms with van der Waals surface area (Å²) < 4.78 is 1.63. The van der Waals surface area contributed by atoms with Crippen LogP contribution in [0.2, 0.25) is 5.02 Å². The van der Waals surface area contributed by atoms with Crippen molar-refractivity contribution in [3.05, 3.63) is 29.2 Å². The summed E-state index contributed by atoms with van der Waals surface area (Å²) >= 11 is 6.43. The summed E-state index contributed by atoms with van der Waals surface area (Å²) in [6.45, 7) is 5.49. The third-order valence-corrected chi connectivity index (χ3v) is 6.60. The molecule has 0 aromatic carbocycles. The van der Waals surface area contributed by atoms with Gasteiger partial charge in [0.15, 0.2) is 6.23 Å². The number of hydrogen-bond acceptors (Lipinski definition) is 5. The van der Waals surface area contributed by atoms with E-state index in [1.165, 1.54) is 13.1 Å². The highest BCUT2D eigenvalue weighted by molar-refractivity contribution is 6.33. The Morgan fingerprint density at radius 2 is 2.03 bits per heavy atom. The summed E-state index contributed by atoms with van der Waals surface area (Å²) in [6.07, 6.45) is 6.37. The van der Waals surface area contributed by atoms with Crippen molar-refractivity contribution >= 4 is 29.2 Å². The Labute approximate surface area is 186 Å². The molecule has 1 unspecified atom stereocenters. The molecule has 3 atom stereocenters. The van der Waals surface area contributed by atoms with Crippen LogP contribution in [0.3, 0.4) is 0 Å². The van der Waals surface area contributed by atoms with Crippen LogP contribution in [0.15, 0.2) is 18.5 Å². The van der Waals surface area contributed by atoms with E-state index in [9.17, 15) is 14.7 Å². The molecular weight excluding hydrogens is 418 g/mol. The van der Waals surface area contributed by atoms with Crippen molar-refractivity contribution in [1.82, 2.24) is 20.1 Å². The molecular formula is C22H28ClN5O3. The van der Waals surface area contributed by atoms with Crippen LogP contribution < -0.4 is 10.6 Å². The smallest absolute Gasteiger partial charge is 0.228 e. The van der Waals surface area contributed by atoms with Crippen molar-refractivity contribution < 1.29 is 14.7 Å². The van der Waals surface area contributed by atoms with E-state index in [2.05, 4.69) is 20.7 Å². The lowest BCUT2D eigenvalue weighted by atomic mass is 9.85. The average molecular weight is 446 g/mol. The van der Waals surface area contributed by atoms with Crippen LogP contribution in [0, 0.1) is 11.3 Å². The highest BCUT2D eigenvalue weighted by Crippen LogP contribution is 2.44. The lowest BCUT2D eigenvalue weighted by Gasteiger charge is -2.28. The quantitative estimate of drug-likeness (QED) is 0.668. The van der Waals surface area contributed by atoms with Gasteiger partial charge in [0.2, 0.25) is 11.8 Å². The second-order valence-electron chi connectivity index (χ2n) is 9.29. The maximum Gasteiger partial charge on any atom is 0.228 e. The van der Waals surface area contributed by atoms with Gasteiger partial charge in [-0.05, 0) is 31.7 Å². The number of aliphatic hydroxyl groups is 1. The summed E-state index contributed by atoms with van der Waals surface area (Å²) in [5, 5.41) is 21.1. The number of carbonyl (C=O) groups is 2. The standard InChI is InChI=1S/C22H28ClN5O3/c1-12(29)26-14-6-4-5-13(7-14)20(30)27-19-8-15(17(23)11-24-19)16-10-25-28-18(16)9-22(2,3)21(28)31/h8,10-11,13-14,21,31H,4-7,9H2,1-3H3,(H,26,29)(H,24,27,30)/t13-,14+,21?/m0/s1. The molecule has 2 aliphatic rings. The molecule has 0 radical (unpaired) electrons. The maximum absolute atomic E-state index is 12.9. The van der Waals surface area contributed by atoms with Gasteiger partial charge in [0.25, 0.3) is 0 Å². The minimum absolute atomic E-state index is 0.0283. The van der Waals surface area contributed by atoms with Crippen LogP contribution in [-0.2, 0) is 16.0 Å². The van der Waals surface area contributed by atoms with Crippen LogP contribution in [0.1, 0.15) is 58.4 Å². The zero-order valence-electron chi connectivity index (χ0n) is 18.0. The molecule has 4 rings (SSSR count). The van der Waals surface area contributed by atoms with E-state index in [4.69, 9.17) is 11.6 Å². The van der Waals surface area contributed by atoms with Gasteiger partial charge in [-0.3, -0.25) is 9.59 Å². The number of nitrogens with one attached hydrogen (secondary N) is 2. The molecule has 3 N–H and O–H groups in total. The maximum atomic E-state index is 12.9. The number of nitrogens with zero attached hydrogens (tertiary/aromatic N) is 3. The molecule has 0 saturated heterocycles. The Morgan fingerprint density at radius 3 is 2.77 bits per heavy atom. The van der Waals surface area contributed by atoms with E-state index in [0.29, 0.717) is 23.7 Å². The van der Waals surface area contributed by atoms with Gasteiger partial charge in [-0.25, -0.2) is 9.67 Å². The number of halogens is 1. The number of aliphatic hydroxyl groups excluding tert-OH is 1. The molecule has 1 aliphatic carbocycles. The second-order valence-corrected chi connectivity index (χ2v) is 9.70. The van der Waals surface area contributed by atoms with E-state index < -0.39 is 6.23 Å². The van der Waals surface area contributed by atoms with Crippen molar-refractivity contribution in [3.63, 3.8) is 0 Å². The van der Waals surface area contributed by atoms with Gasteiger partial charge in [-0.1, -0.05) is 31.9 Å². The molecule has 0 bridgehead atoms. The summed E-state index contributed by atoms with van der Waals surface area (Å²) in [4.78, 5) is 28.5. The third-order valence-electron chi connectivity index (χ3n) is 6.30. The van der Waals surface area contributed by atoms with Crippen molar-refractivity contribution in [3.8, 4) is 11.1 Å². The van der Waals surface area contributed by atoms with Crippen molar-refractivity contribution in [2.45, 2.75) is 65.1 Å². The molecule has 2 amide bonds. The van der Waals surface area contributed by atoms with Crippen LogP contribution in [-0.4, -0.2) is 37.7 Å². The lowest BCUT2D eigenvalue weighted by Crippen LogP contribution is -2.40. The van der Waals surface area contributed by atoms with E-state index in [0.717, 1.165) is 36.1 Å². The number of fused-ring (bicyclic) bond motifs is 1. The fourth-order valence-electron chi connectivity index (χ4n) is 4.64. The number of pyridine rings is 1. The Kier molecular flexibility index (Phi) is 5.79. The largest absolute Gasteiger partial charge is 0.371 e. The molecule has 1 fully saturated rings. The average Bonchev–Trinajstić information content (AvgIpc) is 3.20. The van der Waals surface area contributed by atoms with E-state index in [1.807, 2.05) is 13.8 Å². The number of aromatic nitrogens is 3. The summed E-state index contributed by atoms with van der Waals surface area (Å²) in [6, 6.07) is 1.78. The predicted molar refractivity (Wildman–Crippen MR) is 117 cm³/mol. The minimum atomic E-state index is -0.695. The Morgan fingerprint density at radius 1 is 1.26 bits per heavy atom. The molecule has 2 aromatic heterocycles. The molecule has 3 heterocycles. The van der Waals surface area contributed by atoms with Crippen LogP contribution in [0.5, 0.6) is 0 Å². The monoisotopic (exact) mass is 445 g/mol. The van der Waals surface area contributed by atoms with Crippen molar-refractivity contribution in [2.75, 3.05) is 5.32 Å². The summed E-state index contributed by atoms with van der Waals surface area (Å²) in [7, 11) is 0. The second kappa shape index (κ2) is 8.24. The van der Waals surface area contributed by atoms with E-state index in [1.54, 1.807) is 16.9 Å². The Bertz CT molecular complexity index is 1020. The summed E-state index contributed by atoms with van der Waals surface area (Å²) in [5.41, 5.74) is 2.14. The SMILES string of the molecule is CC(=O)N[C@@H]1CCC[C@H](C(=O)Nc2cc(-c3cnn4c3CC(C)(C)C4O)c(Cl)cn2)C1. The molecule has 8 nitrogen and oxygen atoms in total. The normalized spacial score (nSPS) is 24.5.